The third-order valence-electron chi connectivity index (χ3n) is 10.5. The molecule has 0 spiro atoms. The zero-order chi connectivity index (χ0) is 42.6. The first-order chi connectivity index (χ1) is 27.4. The molecule has 334 valence electrons. The molecule has 0 saturated heterocycles. The van der Waals surface area contributed by atoms with Crippen molar-refractivity contribution < 1.29 is 47.7 Å². The lowest BCUT2D eigenvalue weighted by atomic mass is 9.90. The van der Waals surface area contributed by atoms with E-state index in [2.05, 4.69) is 27.7 Å². The van der Waals surface area contributed by atoms with E-state index in [1.165, 1.54) is 0 Å². The fourth-order valence-electron chi connectivity index (χ4n) is 6.60. The molecular formula is C46H85NO10. The van der Waals surface area contributed by atoms with Gasteiger partial charge in [0.25, 0.3) is 0 Å². The van der Waals surface area contributed by atoms with Crippen LogP contribution in [0.2, 0.25) is 0 Å². The Morgan fingerprint density at radius 3 is 1.11 bits per heavy atom. The molecule has 0 N–H and O–H groups in total. The molecule has 0 aromatic carbocycles. The van der Waals surface area contributed by atoms with Crippen LogP contribution in [0.5, 0.6) is 0 Å². The largest absolute Gasteiger partial charge is 0.466 e. The lowest BCUT2D eigenvalue weighted by Crippen LogP contribution is -2.44. The summed E-state index contributed by atoms with van der Waals surface area (Å²) in [4.78, 5) is 66.8. The summed E-state index contributed by atoms with van der Waals surface area (Å²) in [7, 11) is 3.72. The smallest absolute Gasteiger partial charge is 0.307 e. The molecule has 0 saturated carbocycles. The standard InChI is InChI=1S/C46H85NO10/c1-8-13-18-24-39(25-19-14-9-2)33-44(51)56-37-46(36-55-43(50)30-31-47(6)7,35-54-42(49)29-23-22-28-41(48)53-32-17-12-5)38-57-45(52)34-40(26-20-15-10-3)27-21-16-11-4/h39-40H,8-38H2,1-7H3. The Morgan fingerprint density at radius 1 is 0.421 bits per heavy atom. The number of ether oxygens (including phenoxy) is 5. The summed E-state index contributed by atoms with van der Waals surface area (Å²) in [5.74, 6) is -1.59. The molecule has 11 nitrogen and oxygen atoms in total. The molecular weight excluding hydrogens is 727 g/mol. The van der Waals surface area contributed by atoms with Gasteiger partial charge in [-0.1, -0.05) is 118 Å². The number of unbranched alkanes of at least 4 members (excludes halogenated alkanes) is 10. The molecule has 0 atom stereocenters. The van der Waals surface area contributed by atoms with Crippen LogP contribution in [-0.4, -0.2) is 88.4 Å². The quantitative estimate of drug-likeness (QED) is 0.0333. The molecule has 0 aliphatic heterocycles. The van der Waals surface area contributed by atoms with Crippen LogP contribution in [0.4, 0.5) is 0 Å². The topological polar surface area (TPSA) is 135 Å². The van der Waals surface area contributed by atoms with E-state index >= 15 is 0 Å². The Morgan fingerprint density at radius 2 is 0.754 bits per heavy atom. The van der Waals surface area contributed by atoms with Crippen molar-refractivity contribution >= 4 is 29.8 Å². The van der Waals surface area contributed by atoms with E-state index in [4.69, 9.17) is 23.7 Å². The van der Waals surface area contributed by atoms with E-state index in [-0.39, 0.29) is 88.3 Å². The average Bonchev–Trinajstić information content (AvgIpc) is 3.18. The van der Waals surface area contributed by atoms with Gasteiger partial charge >= 0.3 is 29.8 Å². The zero-order valence-electron chi connectivity index (χ0n) is 37.6. The van der Waals surface area contributed by atoms with Crippen LogP contribution in [-0.2, 0) is 47.7 Å². The van der Waals surface area contributed by atoms with Gasteiger partial charge < -0.3 is 28.6 Å². The van der Waals surface area contributed by atoms with Gasteiger partial charge in [0.2, 0.25) is 0 Å². The van der Waals surface area contributed by atoms with Crippen LogP contribution in [0.1, 0.15) is 195 Å². The highest BCUT2D eigenvalue weighted by atomic mass is 16.6. The van der Waals surface area contributed by atoms with Crippen molar-refractivity contribution in [3.8, 4) is 0 Å². The Kier molecular flexibility index (Phi) is 34.7. The molecule has 0 rings (SSSR count). The van der Waals surface area contributed by atoms with E-state index in [0.717, 1.165) is 116 Å². The number of esters is 5. The molecule has 0 heterocycles. The fraction of sp³-hybridized carbons (Fsp3) is 0.891. The van der Waals surface area contributed by atoms with Crippen LogP contribution >= 0.6 is 0 Å². The Labute approximate surface area is 347 Å². The van der Waals surface area contributed by atoms with Gasteiger partial charge in [-0.15, -0.1) is 0 Å². The Balaban J connectivity index is 6.13. The van der Waals surface area contributed by atoms with E-state index in [1.54, 1.807) is 0 Å². The maximum Gasteiger partial charge on any atom is 0.307 e. The second-order valence-corrected chi connectivity index (χ2v) is 16.6. The summed E-state index contributed by atoms with van der Waals surface area (Å²) in [6, 6.07) is 0. The summed E-state index contributed by atoms with van der Waals surface area (Å²) in [5, 5.41) is 0. The fourth-order valence-corrected chi connectivity index (χ4v) is 6.60. The Hall–Kier alpha value is -2.69. The average molecular weight is 812 g/mol. The van der Waals surface area contributed by atoms with Gasteiger partial charge in [-0.25, -0.2) is 0 Å². The van der Waals surface area contributed by atoms with Crippen molar-refractivity contribution in [1.82, 2.24) is 4.90 Å². The van der Waals surface area contributed by atoms with Crippen molar-refractivity contribution in [3.05, 3.63) is 0 Å². The van der Waals surface area contributed by atoms with Gasteiger partial charge in [0.05, 0.1) is 13.0 Å². The second-order valence-electron chi connectivity index (χ2n) is 16.6. The van der Waals surface area contributed by atoms with Crippen molar-refractivity contribution in [2.24, 2.45) is 17.3 Å². The van der Waals surface area contributed by atoms with E-state index in [1.807, 2.05) is 25.9 Å². The van der Waals surface area contributed by atoms with Gasteiger partial charge in [-0.2, -0.15) is 0 Å². The number of nitrogens with zero attached hydrogens (tertiary/aromatic N) is 1. The van der Waals surface area contributed by atoms with Crippen LogP contribution in [0, 0.1) is 17.3 Å². The number of hydrogen-bond donors (Lipinski definition) is 0. The highest BCUT2D eigenvalue weighted by molar-refractivity contribution is 5.72. The SMILES string of the molecule is CCCCCC(CCCCC)CC(=O)OCC(COC(=O)CCCCC(=O)OCCCC)(COC(=O)CCN(C)C)COC(=O)CC(CCCCC)CCCCC. The highest BCUT2D eigenvalue weighted by Crippen LogP contribution is 2.27. The van der Waals surface area contributed by atoms with Gasteiger partial charge in [-0.05, 0) is 70.9 Å². The van der Waals surface area contributed by atoms with Crippen molar-refractivity contribution in [2.75, 3.05) is 53.7 Å². The third-order valence-corrected chi connectivity index (χ3v) is 10.5. The molecule has 0 aromatic heterocycles. The Bertz CT molecular complexity index is 986. The third kappa shape index (κ3) is 31.9. The summed E-state index contributed by atoms with van der Waals surface area (Å²) in [6.07, 6.45) is 20.4. The second kappa shape index (κ2) is 36.4. The first kappa shape index (κ1) is 54.3. The number of carbonyl (C=O) groups is 5. The van der Waals surface area contributed by atoms with Gasteiger partial charge in [0.1, 0.15) is 31.8 Å². The monoisotopic (exact) mass is 812 g/mol. The maximum absolute atomic E-state index is 13.5. The number of hydrogen-bond acceptors (Lipinski definition) is 11. The van der Waals surface area contributed by atoms with Gasteiger partial charge in [-0.3, -0.25) is 24.0 Å². The van der Waals surface area contributed by atoms with Crippen LogP contribution < -0.4 is 0 Å². The minimum atomic E-state index is -1.31. The number of rotatable bonds is 39. The zero-order valence-corrected chi connectivity index (χ0v) is 37.6. The van der Waals surface area contributed by atoms with E-state index in [0.29, 0.717) is 26.0 Å². The normalized spacial score (nSPS) is 11.6. The first-order valence-corrected chi connectivity index (χ1v) is 22.9. The number of carbonyl (C=O) groups excluding carboxylic acids is 5. The molecule has 0 aliphatic rings. The molecule has 57 heavy (non-hydrogen) atoms. The predicted molar refractivity (Wildman–Crippen MR) is 227 cm³/mol. The molecule has 0 radical (unpaired) electrons. The van der Waals surface area contributed by atoms with Crippen LogP contribution in [0.15, 0.2) is 0 Å². The summed E-state index contributed by atoms with van der Waals surface area (Å²) in [5.41, 5.74) is -1.31. The predicted octanol–water partition coefficient (Wildman–Crippen LogP) is 10.3. The van der Waals surface area contributed by atoms with E-state index < -0.39 is 17.4 Å². The van der Waals surface area contributed by atoms with Gasteiger partial charge in [0.15, 0.2) is 0 Å². The molecule has 0 bridgehead atoms. The molecule has 0 amide bonds. The van der Waals surface area contributed by atoms with Crippen molar-refractivity contribution in [2.45, 2.75) is 195 Å². The lowest BCUT2D eigenvalue weighted by Gasteiger charge is -2.32. The molecule has 0 aromatic rings. The molecule has 0 unspecified atom stereocenters. The van der Waals surface area contributed by atoms with Gasteiger partial charge in [0, 0.05) is 32.2 Å². The maximum atomic E-state index is 13.5. The summed E-state index contributed by atoms with van der Waals surface area (Å²) < 4.78 is 28.6. The summed E-state index contributed by atoms with van der Waals surface area (Å²) in [6.45, 7) is 10.5. The minimum absolute atomic E-state index is 0.0644. The summed E-state index contributed by atoms with van der Waals surface area (Å²) >= 11 is 0. The lowest BCUT2D eigenvalue weighted by molar-refractivity contribution is -0.171. The van der Waals surface area contributed by atoms with Crippen molar-refractivity contribution in [3.63, 3.8) is 0 Å². The van der Waals surface area contributed by atoms with Crippen LogP contribution in [0.25, 0.3) is 0 Å². The highest BCUT2D eigenvalue weighted by Gasteiger charge is 2.38. The first-order valence-electron chi connectivity index (χ1n) is 22.9. The molecule has 0 aliphatic carbocycles. The van der Waals surface area contributed by atoms with Crippen LogP contribution in [0.3, 0.4) is 0 Å². The minimum Gasteiger partial charge on any atom is -0.466 e. The van der Waals surface area contributed by atoms with E-state index in [9.17, 15) is 24.0 Å². The van der Waals surface area contributed by atoms with Crippen molar-refractivity contribution in [1.29, 1.82) is 0 Å². The molecule has 11 heteroatoms. The molecule has 0 fully saturated rings.